The van der Waals surface area contributed by atoms with Crippen LogP contribution in [0.1, 0.15) is 50.7 Å². The number of nitrogens with one attached hydrogen (secondary N) is 1. The first-order chi connectivity index (χ1) is 14.4. The van der Waals surface area contributed by atoms with Gasteiger partial charge in [-0.3, -0.25) is 9.69 Å². The molecule has 4 rings (SSSR count). The minimum Gasteiger partial charge on any atom is -0.493 e. The van der Waals surface area contributed by atoms with E-state index in [2.05, 4.69) is 25.2 Å². The van der Waals surface area contributed by atoms with Crippen LogP contribution in [-0.2, 0) is 21.5 Å². The van der Waals surface area contributed by atoms with Gasteiger partial charge >= 0.3 is 0 Å². The Morgan fingerprint density at radius 1 is 1.33 bits per heavy atom. The monoisotopic (exact) mass is 434 g/mol. The Labute approximate surface area is 183 Å². The molecule has 0 bridgehead atoms. The Bertz CT molecular complexity index is 838. The first-order valence-corrected chi connectivity index (χ1v) is 11.3. The van der Waals surface area contributed by atoms with Gasteiger partial charge in [-0.2, -0.15) is 0 Å². The zero-order valence-electron chi connectivity index (χ0n) is 18.0. The summed E-state index contributed by atoms with van der Waals surface area (Å²) in [6, 6.07) is 6.08. The highest BCUT2D eigenvalue weighted by Crippen LogP contribution is 2.60. The molecule has 1 aromatic carbocycles. The van der Waals surface area contributed by atoms with E-state index in [-0.39, 0.29) is 24.0 Å². The average Bonchev–Trinajstić information content (AvgIpc) is 3.14. The number of methoxy groups -OCH3 is 1. The number of nitrogens with zero attached hydrogens (tertiary/aromatic N) is 1. The summed E-state index contributed by atoms with van der Waals surface area (Å²) in [6.45, 7) is 4.19. The van der Waals surface area contributed by atoms with Crippen LogP contribution in [0, 0.1) is 11.3 Å². The molecule has 7 heteroatoms. The third kappa shape index (κ3) is 3.21. The highest BCUT2D eigenvalue weighted by atomic mass is 32.1. The number of hydrogen-bond donors (Lipinski definition) is 1. The van der Waals surface area contributed by atoms with E-state index in [1.165, 1.54) is 4.90 Å². The molecule has 2 fully saturated rings. The van der Waals surface area contributed by atoms with E-state index in [9.17, 15) is 9.18 Å². The number of carbonyl (C=O) groups is 1. The molecular weight excluding hydrogens is 403 g/mol. The van der Waals surface area contributed by atoms with Crippen molar-refractivity contribution in [3.8, 4) is 5.75 Å². The summed E-state index contributed by atoms with van der Waals surface area (Å²) in [5.41, 5.74) is 0.833. The Balaban J connectivity index is 1.78. The predicted octanol–water partition coefficient (Wildman–Crippen LogP) is 3.73. The Morgan fingerprint density at radius 2 is 2.07 bits per heavy atom. The standard InChI is InChI=1S/C23H31FN2O3S/c1-15(2)14-29-18-5-4-16-13-22(8-6-17(28-3)7-9-22)23(19(16)12-18)20(27)26(11-10-24)21(30)25-23/h4-5,12,15,17H,6-11,13-14H2,1-3H3,(H,25,30). The van der Waals surface area contributed by atoms with Gasteiger partial charge in [0.15, 0.2) is 10.7 Å². The molecule has 0 radical (unpaired) electrons. The topological polar surface area (TPSA) is 50.8 Å². The van der Waals surface area contributed by atoms with Crippen molar-refractivity contribution in [3.63, 3.8) is 0 Å². The van der Waals surface area contributed by atoms with E-state index in [0.717, 1.165) is 49.0 Å². The van der Waals surface area contributed by atoms with Gasteiger partial charge in [-0.15, -0.1) is 0 Å². The molecule has 1 heterocycles. The second-order valence-electron chi connectivity index (χ2n) is 9.24. The molecule has 2 aliphatic carbocycles. The van der Waals surface area contributed by atoms with Crippen LogP contribution < -0.4 is 10.1 Å². The number of halogens is 1. The van der Waals surface area contributed by atoms with Crippen molar-refractivity contribution < 1.29 is 18.7 Å². The second-order valence-corrected chi connectivity index (χ2v) is 9.63. The maximum absolute atomic E-state index is 13.8. The van der Waals surface area contributed by atoms with Gasteiger partial charge in [0, 0.05) is 12.5 Å². The molecule has 1 saturated carbocycles. The zero-order valence-corrected chi connectivity index (χ0v) is 18.8. The minimum atomic E-state index is -0.954. The van der Waals surface area contributed by atoms with E-state index in [1.54, 1.807) is 7.11 Å². The molecule has 3 aliphatic rings. The Hall–Kier alpha value is -1.73. The molecule has 0 aromatic heterocycles. The predicted molar refractivity (Wildman–Crippen MR) is 117 cm³/mol. The zero-order chi connectivity index (χ0) is 21.5. The van der Waals surface area contributed by atoms with Crippen LogP contribution in [0.5, 0.6) is 5.75 Å². The van der Waals surface area contributed by atoms with Gasteiger partial charge in [0.2, 0.25) is 0 Å². The van der Waals surface area contributed by atoms with Crippen LogP contribution >= 0.6 is 12.2 Å². The van der Waals surface area contributed by atoms with Gasteiger partial charge < -0.3 is 14.8 Å². The van der Waals surface area contributed by atoms with Crippen LogP contribution in [-0.4, -0.2) is 49.0 Å². The maximum Gasteiger partial charge on any atom is 0.259 e. The van der Waals surface area contributed by atoms with E-state index >= 15 is 0 Å². The van der Waals surface area contributed by atoms with Crippen LogP contribution in [0.4, 0.5) is 4.39 Å². The first kappa shape index (κ1) is 21.5. The fourth-order valence-corrected chi connectivity index (χ4v) is 5.86. The van der Waals surface area contributed by atoms with Crippen LogP contribution in [0.2, 0.25) is 0 Å². The van der Waals surface area contributed by atoms with Crippen LogP contribution in [0.25, 0.3) is 0 Å². The van der Waals surface area contributed by atoms with Crippen LogP contribution in [0.15, 0.2) is 18.2 Å². The molecule has 1 unspecified atom stereocenters. The minimum absolute atomic E-state index is 0.0118. The summed E-state index contributed by atoms with van der Waals surface area (Å²) in [5.74, 6) is 1.04. The molecule has 30 heavy (non-hydrogen) atoms. The molecule has 5 nitrogen and oxygen atoms in total. The lowest BCUT2D eigenvalue weighted by Gasteiger charge is -2.46. The number of amides is 1. The molecular formula is C23H31FN2O3S. The van der Waals surface area contributed by atoms with Gasteiger partial charge in [0.25, 0.3) is 5.91 Å². The summed E-state index contributed by atoms with van der Waals surface area (Å²) in [5, 5.41) is 3.73. The van der Waals surface area contributed by atoms with Crippen molar-refractivity contribution in [1.29, 1.82) is 0 Å². The molecule has 2 spiro atoms. The summed E-state index contributed by atoms with van der Waals surface area (Å²) in [6.07, 6.45) is 4.52. The SMILES string of the molecule is COC1CCC2(CC1)Cc1ccc(OCC(C)C)cc1C21NC(=S)N(CCF)C1=O. The van der Waals surface area contributed by atoms with Crippen molar-refractivity contribution in [2.75, 3.05) is 26.9 Å². The summed E-state index contributed by atoms with van der Waals surface area (Å²) in [4.78, 5) is 15.2. The number of ether oxygens (including phenoxy) is 2. The second kappa shape index (κ2) is 8.08. The number of carbonyl (C=O) groups excluding carboxylic acids is 1. The highest BCUT2D eigenvalue weighted by molar-refractivity contribution is 7.80. The summed E-state index contributed by atoms with van der Waals surface area (Å²) in [7, 11) is 1.75. The third-order valence-electron chi connectivity index (χ3n) is 7.03. The van der Waals surface area contributed by atoms with E-state index in [1.807, 2.05) is 12.1 Å². The molecule has 1 saturated heterocycles. The number of hydrogen-bond acceptors (Lipinski definition) is 4. The molecule has 1 aliphatic heterocycles. The largest absolute Gasteiger partial charge is 0.493 e. The molecule has 1 amide bonds. The number of thiocarbonyl (C=S) groups is 1. The van der Waals surface area contributed by atoms with E-state index in [4.69, 9.17) is 21.7 Å². The van der Waals surface area contributed by atoms with Gasteiger partial charge in [-0.25, -0.2) is 4.39 Å². The van der Waals surface area contributed by atoms with Crippen molar-refractivity contribution in [1.82, 2.24) is 10.2 Å². The highest BCUT2D eigenvalue weighted by Gasteiger charge is 2.67. The van der Waals surface area contributed by atoms with Gasteiger partial charge in [-0.05, 0) is 73.5 Å². The fourth-order valence-electron chi connectivity index (χ4n) is 5.53. The van der Waals surface area contributed by atoms with Crippen molar-refractivity contribution in [3.05, 3.63) is 29.3 Å². The summed E-state index contributed by atoms with van der Waals surface area (Å²) < 4.78 is 24.8. The first-order valence-electron chi connectivity index (χ1n) is 10.9. The molecule has 1 aromatic rings. The third-order valence-corrected chi connectivity index (χ3v) is 7.35. The van der Waals surface area contributed by atoms with E-state index < -0.39 is 12.2 Å². The average molecular weight is 435 g/mol. The number of fused-ring (bicyclic) bond motifs is 3. The quantitative estimate of drug-likeness (QED) is 0.692. The fraction of sp³-hybridized carbons (Fsp3) is 0.652. The lowest BCUT2D eigenvalue weighted by atomic mass is 9.61. The van der Waals surface area contributed by atoms with Crippen molar-refractivity contribution >= 4 is 23.2 Å². The Kier molecular flexibility index (Phi) is 5.79. The molecule has 1 atom stereocenters. The van der Waals surface area contributed by atoms with Gasteiger partial charge in [0.1, 0.15) is 12.4 Å². The van der Waals surface area contributed by atoms with Crippen molar-refractivity contribution in [2.24, 2.45) is 11.3 Å². The van der Waals surface area contributed by atoms with E-state index in [0.29, 0.717) is 17.6 Å². The normalized spacial score (nSPS) is 30.4. The van der Waals surface area contributed by atoms with Crippen molar-refractivity contribution in [2.45, 2.75) is 57.6 Å². The van der Waals surface area contributed by atoms with Gasteiger partial charge in [0.05, 0.1) is 19.3 Å². The maximum atomic E-state index is 13.8. The molecule has 164 valence electrons. The van der Waals surface area contributed by atoms with Crippen LogP contribution in [0.3, 0.4) is 0 Å². The number of rotatable bonds is 6. The number of alkyl halides is 1. The lowest BCUT2D eigenvalue weighted by molar-refractivity contribution is -0.138. The van der Waals surface area contributed by atoms with Gasteiger partial charge in [-0.1, -0.05) is 19.9 Å². The summed E-state index contributed by atoms with van der Waals surface area (Å²) >= 11 is 5.51. The Morgan fingerprint density at radius 3 is 2.70 bits per heavy atom. The number of benzene rings is 1. The smallest absolute Gasteiger partial charge is 0.259 e. The lowest BCUT2D eigenvalue weighted by Crippen LogP contribution is -2.56. The molecule has 1 N–H and O–H groups in total.